The Morgan fingerprint density at radius 1 is 1.04 bits per heavy atom. The smallest absolute Gasteiger partial charge is 0.341 e. The van der Waals surface area contributed by atoms with Crippen molar-refractivity contribution in [1.82, 2.24) is 5.32 Å². The van der Waals surface area contributed by atoms with Crippen LogP contribution in [0.15, 0.2) is 48.5 Å². The van der Waals surface area contributed by atoms with Crippen LogP contribution in [0.2, 0.25) is 10.0 Å². The van der Waals surface area contributed by atoms with Crippen LogP contribution in [0.5, 0.6) is 0 Å². The van der Waals surface area contributed by atoms with Crippen LogP contribution in [0.3, 0.4) is 0 Å². The molecule has 0 aromatic heterocycles. The number of hydrogen-bond donors (Lipinski definition) is 1. The summed E-state index contributed by atoms with van der Waals surface area (Å²) in [5.41, 5.74) is 1.22. The van der Waals surface area contributed by atoms with Crippen LogP contribution in [0.1, 0.15) is 42.1 Å². The summed E-state index contributed by atoms with van der Waals surface area (Å²) in [5, 5.41) is 3.21. The van der Waals surface area contributed by atoms with Gasteiger partial charge >= 0.3 is 5.97 Å². The molecule has 0 aliphatic rings. The number of rotatable bonds is 7. The van der Waals surface area contributed by atoms with Gasteiger partial charge in [-0.15, -0.1) is 0 Å². The molecule has 0 fully saturated rings. The van der Waals surface area contributed by atoms with Crippen molar-refractivity contribution in [2.75, 3.05) is 6.54 Å². The number of carbonyl (C=O) groups is 2. The van der Waals surface area contributed by atoms with E-state index in [1.165, 1.54) is 6.92 Å². The van der Waals surface area contributed by atoms with Gasteiger partial charge < -0.3 is 10.1 Å². The average Bonchev–Trinajstić information content (AvgIpc) is 2.62. The van der Waals surface area contributed by atoms with Crippen molar-refractivity contribution in [2.24, 2.45) is 0 Å². The molecule has 2 aromatic carbocycles. The first-order valence-electron chi connectivity index (χ1n) is 8.41. The molecule has 138 valence electrons. The molecule has 26 heavy (non-hydrogen) atoms. The number of nitrogens with one attached hydrogen (secondary N) is 1. The molecule has 0 unspecified atom stereocenters. The molecule has 0 saturated heterocycles. The Morgan fingerprint density at radius 2 is 1.65 bits per heavy atom. The van der Waals surface area contributed by atoms with Gasteiger partial charge in [0.15, 0.2) is 6.10 Å². The van der Waals surface area contributed by atoms with E-state index < -0.39 is 12.1 Å². The lowest BCUT2D eigenvalue weighted by atomic mass is 9.96. The first kappa shape index (κ1) is 20.3. The highest BCUT2D eigenvalue weighted by atomic mass is 35.5. The minimum absolute atomic E-state index is 0.0613. The second kappa shape index (κ2) is 9.60. The molecule has 2 atom stereocenters. The molecular weight excluding hydrogens is 373 g/mol. The van der Waals surface area contributed by atoms with Crippen molar-refractivity contribution in [3.05, 3.63) is 69.7 Å². The number of esters is 1. The van der Waals surface area contributed by atoms with Crippen LogP contribution in [-0.2, 0) is 9.53 Å². The molecule has 0 saturated carbocycles. The lowest BCUT2D eigenvalue weighted by Crippen LogP contribution is -2.38. The molecule has 1 amide bonds. The van der Waals surface area contributed by atoms with Crippen molar-refractivity contribution in [1.29, 1.82) is 0 Å². The van der Waals surface area contributed by atoms with Crippen molar-refractivity contribution in [2.45, 2.75) is 32.3 Å². The van der Waals surface area contributed by atoms with Gasteiger partial charge in [0.05, 0.1) is 15.6 Å². The van der Waals surface area contributed by atoms with Gasteiger partial charge in [0.2, 0.25) is 0 Å². The van der Waals surface area contributed by atoms with Gasteiger partial charge in [0.25, 0.3) is 5.91 Å². The fraction of sp³-hybridized carbons (Fsp3) is 0.300. The Kier molecular flexibility index (Phi) is 7.49. The standard InChI is InChI=1S/C20H21Cl2NO3/c1-3-14(15-8-5-4-6-9-15)12-23-19(24)13(2)26-20(25)18-16(21)10-7-11-17(18)22/h4-11,13-14H,3,12H2,1-2H3,(H,23,24)/t13-,14+/m1/s1. The van der Waals surface area contributed by atoms with E-state index in [2.05, 4.69) is 12.2 Å². The predicted molar refractivity (Wildman–Crippen MR) is 104 cm³/mol. The summed E-state index contributed by atoms with van der Waals surface area (Å²) in [6.45, 7) is 4.04. The highest BCUT2D eigenvalue weighted by molar-refractivity contribution is 6.39. The van der Waals surface area contributed by atoms with Gasteiger partial charge in [-0.1, -0.05) is 66.5 Å². The SMILES string of the molecule is CC[C@@H](CNC(=O)[C@@H](C)OC(=O)c1c(Cl)cccc1Cl)c1ccccc1. The van der Waals surface area contributed by atoms with E-state index >= 15 is 0 Å². The normalized spacial score (nSPS) is 12.9. The zero-order chi connectivity index (χ0) is 19.1. The van der Waals surface area contributed by atoms with E-state index in [9.17, 15) is 9.59 Å². The molecule has 0 spiro atoms. The van der Waals surface area contributed by atoms with Gasteiger partial charge in [-0.2, -0.15) is 0 Å². The maximum absolute atomic E-state index is 12.3. The van der Waals surface area contributed by atoms with Crippen molar-refractivity contribution < 1.29 is 14.3 Å². The average molecular weight is 394 g/mol. The minimum Gasteiger partial charge on any atom is -0.449 e. The number of carbonyl (C=O) groups excluding carboxylic acids is 2. The molecule has 0 aliphatic heterocycles. The molecule has 0 aliphatic carbocycles. The molecule has 0 radical (unpaired) electrons. The lowest BCUT2D eigenvalue weighted by molar-refractivity contribution is -0.129. The van der Waals surface area contributed by atoms with E-state index in [1.807, 2.05) is 30.3 Å². The van der Waals surface area contributed by atoms with Crippen LogP contribution < -0.4 is 5.32 Å². The summed E-state index contributed by atoms with van der Waals surface area (Å²) in [7, 11) is 0. The van der Waals surface area contributed by atoms with Gasteiger partial charge in [-0.3, -0.25) is 4.79 Å². The third-order valence-corrected chi connectivity index (χ3v) is 4.74. The fourth-order valence-electron chi connectivity index (χ4n) is 2.56. The topological polar surface area (TPSA) is 55.4 Å². The zero-order valence-electron chi connectivity index (χ0n) is 14.7. The second-order valence-electron chi connectivity index (χ2n) is 5.91. The van der Waals surface area contributed by atoms with Crippen LogP contribution in [0, 0.1) is 0 Å². The molecule has 6 heteroatoms. The Bertz CT molecular complexity index is 745. The Hall–Kier alpha value is -2.04. The first-order valence-corrected chi connectivity index (χ1v) is 9.17. The van der Waals surface area contributed by atoms with Gasteiger partial charge in [-0.25, -0.2) is 4.79 Å². The van der Waals surface area contributed by atoms with E-state index in [4.69, 9.17) is 27.9 Å². The molecule has 0 heterocycles. The maximum Gasteiger partial charge on any atom is 0.341 e. The van der Waals surface area contributed by atoms with Crippen molar-refractivity contribution in [3.63, 3.8) is 0 Å². The van der Waals surface area contributed by atoms with E-state index in [1.54, 1.807) is 18.2 Å². The molecule has 2 rings (SSSR count). The highest BCUT2D eigenvalue weighted by Crippen LogP contribution is 2.25. The molecule has 1 N–H and O–H groups in total. The number of hydrogen-bond acceptors (Lipinski definition) is 3. The largest absolute Gasteiger partial charge is 0.449 e. The van der Waals surface area contributed by atoms with Gasteiger partial charge in [-0.05, 0) is 31.0 Å². The summed E-state index contributed by atoms with van der Waals surface area (Å²) in [4.78, 5) is 24.5. The lowest BCUT2D eigenvalue weighted by Gasteiger charge is -2.19. The van der Waals surface area contributed by atoms with Crippen LogP contribution in [-0.4, -0.2) is 24.5 Å². The fourth-order valence-corrected chi connectivity index (χ4v) is 3.11. The summed E-state index contributed by atoms with van der Waals surface area (Å²) < 4.78 is 5.21. The van der Waals surface area contributed by atoms with Crippen molar-refractivity contribution in [3.8, 4) is 0 Å². The number of amides is 1. The van der Waals surface area contributed by atoms with E-state index in [0.29, 0.717) is 6.54 Å². The van der Waals surface area contributed by atoms with Gasteiger partial charge in [0.1, 0.15) is 0 Å². The van der Waals surface area contributed by atoms with E-state index in [-0.39, 0.29) is 27.4 Å². The third-order valence-electron chi connectivity index (χ3n) is 4.11. The van der Waals surface area contributed by atoms with Crippen LogP contribution in [0.4, 0.5) is 0 Å². The first-order chi connectivity index (χ1) is 12.4. The Balaban J connectivity index is 1.94. The summed E-state index contributed by atoms with van der Waals surface area (Å²) >= 11 is 12.0. The molecular formula is C20H21Cl2NO3. The van der Waals surface area contributed by atoms with Crippen LogP contribution >= 0.6 is 23.2 Å². The predicted octanol–water partition coefficient (Wildman–Crippen LogP) is 4.85. The summed E-state index contributed by atoms with van der Waals surface area (Å²) in [6.07, 6.45) is -0.0728. The Labute approximate surface area is 163 Å². The minimum atomic E-state index is -0.955. The highest BCUT2D eigenvalue weighted by Gasteiger charge is 2.23. The zero-order valence-corrected chi connectivity index (χ0v) is 16.2. The molecule has 4 nitrogen and oxygen atoms in total. The second-order valence-corrected chi connectivity index (χ2v) is 6.72. The number of halogens is 2. The Morgan fingerprint density at radius 3 is 2.23 bits per heavy atom. The number of ether oxygens (including phenoxy) is 1. The maximum atomic E-state index is 12.3. The van der Waals surface area contributed by atoms with Crippen LogP contribution in [0.25, 0.3) is 0 Å². The van der Waals surface area contributed by atoms with Crippen molar-refractivity contribution >= 4 is 35.1 Å². The third kappa shape index (κ3) is 5.23. The summed E-state index contributed by atoms with van der Waals surface area (Å²) in [5.74, 6) is -0.893. The quantitative estimate of drug-likeness (QED) is 0.684. The van der Waals surface area contributed by atoms with Gasteiger partial charge in [0, 0.05) is 12.5 Å². The summed E-state index contributed by atoms with van der Waals surface area (Å²) in [6, 6.07) is 14.7. The molecule has 0 bridgehead atoms. The monoisotopic (exact) mass is 393 g/mol. The van der Waals surface area contributed by atoms with E-state index in [0.717, 1.165) is 12.0 Å². The molecule has 2 aromatic rings. The number of benzene rings is 2.